The first kappa shape index (κ1) is 18.1. The molecule has 0 spiro atoms. The van der Waals surface area contributed by atoms with Gasteiger partial charge in [0.2, 0.25) is 0 Å². The Morgan fingerprint density at radius 3 is 1.82 bits per heavy atom. The molecule has 0 amide bonds. The van der Waals surface area contributed by atoms with Crippen LogP contribution >= 0.6 is 0 Å². The summed E-state index contributed by atoms with van der Waals surface area (Å²) in [5.41, 5.74) is 9.00. The van der Waals surface area contributed by atoms with E-state index < -0.39 is 0 Å². The summed E-state index contributed by atoms with van der Waals surface area (Å²) in [6, 6.07) is 22.5. The second-order valence-corrected chi connectivity index (χ2v) is 7.50. The number of H-pyrrole nitrogens is 1. The van der Waals surface area contributed by atoms with Crippen molar-refractivity contribution >= 4 is 0 Å². The summed E-state index contributed by atoms with van der Waals surface area (Å²) in [4.78, 5) is 13.4. The zero-order valence-electron chi connectivity index (χ0n) is 16.7. The van der Waals surface area contributed by atoms with Crippen LogP contribution in [0.25, 0.3) is 28.1 Å². The lowest BCUT2D eigenvalue weighted by molar-refractivity contribution is 0.851. The van der Waals surface area contributed by atoms with E-state index in [-0.39, 0.29) is 5.56 Å². The first-order valence-electron chi connectivity index (χ1n) is 9.51. The van der Waals surface area contributed by atoms with Crippen molar-refractivity contribution in [2.24, 2.45) is 0 Å². The third-order valence-electron chi connectivity index (χ3n) is 5.32. The lowest BCUT2D eigenvalue weighted by Crippen LogP contribution is -2.15. The molecule has 0 bridgehead atoms. The highest BCUT2D eigenvalue weighted by Gasteiger charge is 2.18. The lowest BCUT2D eigenvalue weighted by Gasteiger charge is -2.06. The molecule has 3 heteroatoms. The SMILES string of the molecule is Cc1ccc(-c2[nH]n(-c3ccc(C)c(C)c3)c(=O)c2-c2ccc(C)cc2)cc1. The van der Waals surface area contributed by atoms with E-state index >= 15 is 0 Å². The smallest absolute Gasteiger partial charge is 0.279 e. The van der Waals surface area contributed by atoms with Crippen molar-refractivity contribution in [2.45, 2.75) is 27.7 Å². The normalized spacial score (nSPS) is 11.0. The fraction of sp³-hybridized carbons (Fsp3) is 0.160. The van der Waals surface area contributed by atoms with Crippen LogP contribution in [0.2, 0.25) is 0 Å². The van der Waals surface area contributed by atoms with Gasteiger partial charge in [-0.3, -0.25) is 9.89 Å². The molecule has 1 N–H and O–H groups in total. The third-order valence-corrected chi connectivity index (χ3v) is 5.32. The summed E-state index contributed by atoms with van der Waals surface area (Å²) >= 11 is 0. The molecule has 0 saturated heterocycles. The van der Waals surface area contributed by atoms with Crippen molar-refractivity contribution in [2.75, 3.05) is 0 Å². The number of rotatable bonds is 3. The zero-order chi connectivity index (χ0) is 19.8. The van der Waals surface area contributed by atoms with Gasteiger partial charge in [-0.05, 0) is 56.5 Å². The molecule has 4 aromatic rings. The Morgan fingerprint density at radius 2 is 1.25 bits per heavy atom. The van der Waals surface area contributed by atoms with E-state index in [2.05, 4.69) is 63.1 Å². The van der Waals surface area contributed by atoms with E-state index in [1.54, 1.807) is 4.68 Å². The molecule has 28 heavy (non-hydrogen) atoms. The van der Waals surface area contributed by atoms with Crippen LogP contribution < -0.4 is 5.56 Å². The van der Waals surface area contributed by atoms with Gasteiger partial charge < -0.3 is 0 Å². The van der Waals surface area contributed by atoms with Crippen molar-refractivity contribution in [3.8, 4) is 28.1 Å². The van der Waals surface area contributed by atoms with Crippen LogP contribution in [0.4, 0.5) is 0 Å². The van der Waals surface area contributed by atoms with Gasteiger partial charge in [-0.2, -0.15) is 0 Å². The van der Waals surface area contributed by atoms with E-state index in [1.807, 2.05) is 36.4 Å². The number of nitrogens with zero attached hydrogens (tertiary/aromatic N) is 1. The fourth-order valence-electron chi connectivity index (χ4n) is 3.40. The fourth-order valence-corrected chi connectivity index (χ4v) is 3.40. The molecule has 0 fully saturated rings. The summed E-state index contributed by atoms with van der Waals surface area (Å²) in [5.74, 6) is 0. The Balaban J connectivity index is 1.98. The minimum Gasteiger partial charge on any atom is -0.290 e. The van der Waals surface area contributed by atoms with Crippen LogP contribution in [0.3, 0.4) is 0 Å². The second kappa shape index (κ2) is 7.01. The Labute approximate surface area is 165 Å². The van der Waals surface area contributed by atoms with Crippen molar-refractivity contribution < 1.29 is 0 Å². The van der Waals surface area contributed by atoms with Crippen LogP contribution in [0, 0.1) is 27.7 Å². The van der Waals surface area contributed by atoms with Crippen LogP contribution in [-0.2, 0) is 0 Å². The Morgan fingerprint density at radius 1 is 0.679 bits per heavy atom. The molecule has 0 radical (unpaired) electrons. The minimum absolute atomic E-state index is 0.0392. The monoisotopic (exact) mass is 368 g/mol. The average molecular weight is 368 g/mol. The quantitative estimate of drug-likeness (QED) is 0.492. The maximum Gasteiger partial charge on any atom is 0.279 e. The Bertz CT molecular complexity index is 1190. The summed E-state index contributed by atoms with van der Waals surface area (Å²) in [5, 5.41) is 3.37. The maximum atomic E-state index is 13.4. The molecule has 0 aliphatic rings. The highest BCUT2D eigenvalue weighted by atomic mass is 16.1. The highest BCUT2D eigenvalue weighted by molar-refractivity contribution is 5.81. The van der Waals surface area contributed by atoms with Crippen molar-refractivity contribution in [3.05, 3.63) is 99.3 Å². The molecule has 0 unspecified atom stereocenters. The first-order chi connectivity index (χ1) is 13.4. The molecule has 4 rings (SSSR count). The molecule has 0 saturated carbocycles. The van der Waals surface area contributed by atoms with E-state index in [0.29, 0.717) is 5.56 Å². The molecule has 0 atom stereocenters. The van der Waals surface area contributed by atoms with Crippen LogP contribution in [0.5, 0.6) is 0 Å². The Kier molecular flexibility index (Phi) is 4.52. The van der Waals surface area contributed by atoms with Crippen LogP contribution in [-0.4, -0.2) is 9.78 Å². The minimum atomic E-state index is -0.0392. The van der Waals surface area contributed by atoms with Gasteiger partial charge in [-0.15, -0.1) is 0 Å². The van der Waals surface area contributed by atoms with Crippen LogP contribution in [0.15, 0.2) is 71.5 Å². The molecule has 140 valence electrons. The van der Waals surface area contributed by atoms with Gasteiger partial charge in [0.05, 0.1) is 16.9 Å². The van der Waals surface area contributed by atoms with E-state index in [4.69, 9.17) is 0 Å². The predicted molar refractivity (Wildman–Crippen MR) is 116 cm³/mol. The summed E-state index contributed by atoms with van der Waals surface area (Å²) in [6.07, 6.45) is 0. The molecule has 0 aliphatic heterocycles. The number of aromatic amines is 1. The van der Waals surface area contributed by atoms with Gasteiger partial charge in [0.25, 0.3) is 5.56 Å². The van der Waals surface area contributed by atoms with E-state index in [1.165, 1.54) is 16.7 Å². The molecular weight excluding hydrogens is 344 g/mol. The number of hydrogen-bond donors (Lipinski definition) is 1. The number of aromatic nitrogens is 2. The van der Waals surface area contributed by atoms with Gasteiger partial charge >= 0.3 is 0 Å². The van der Waals surface area contributed by atoms with Gasteiger partial charge in [-0.25, -0.2) is 4.68 Å². The maximum absolute atomic E-state index is 13.4. The standard InChI is InChI=1S/C25H24N2O/c1-16-5-10-20(11-6-16)23-24(21-12-7-17(2)8-13-21)26-27(25(23)28)22-14-9-18(3)19(4)15-22/h5-15,26H,1-4H3. The van der Waals surface area contributed by atoms with Gasteiger partial charge in [0.15, 0.2) is 0 Å². The van der Waals surface area contributed by atoms with E-state index in [9.17, 15) is 4.79 Å². The van der Waals surface area contributed by atoms with Crippen molar-refractivity contribution in [3.63, 3.8) is 0 Å². The average Bonchev–Trinajstić information content (AvgIpc) is 3.02. The third kappa shape index (κ3) is 3.20. The number of benzene rings is 3. The first-order valence-corrected chi connectivity index (χ1v) is 9.51. The highest BCUT2D eigenvalue weighted by Crippen LogP contribution is 2.29. The molecule has 0 aliphatic carbocycles. The van der Waals surface area contributed by atoms with Gasteiger partial charge in [0.1, 0.15) is 0 Å². The largest absolute Gasteiger partial charge is 0.290 e. The van der Waals surface area contributed by atoms with Crippen molar-refractivity contribution in [1.29, 1.82) is 0 Å². The number of hydrogen-bond acceptors (Lipinski definition) is 1. The predicted octanol–water partition coefficient (Wildman–Crippen LogP) is 5.73. The Hall–Kier alpha value is -3.33. The molecule has 3 nitrogen and oxygen atoms in total. The van der Waals surface area contributed by atoms with Crippen LogP contribution in [0.1, 0.15) is 22.3 Å². The summed E-state index contributed by atoms with van der Waals surface area (Å²) in [7, 11) is 0. The summed E-state index contributed by atoms with van der Waals surface area (Å²) < 4.78 is 1.65. The van der Waals surface area contributed by atoms with E-state index in [0.717, 1.165) is 28.1 Å². The molecule has 3 aromatic carbocycles. The molecule has 1 aromatic heterocycles. The molecular formula is C25H24N2O. The second-order valence-electron chi connectivity index (χ2n) is 7.50. The number of aryl methyl sites for hydroxylation is 4. The zero-order valence-corrected chi connectivity index (χ0v) is 16.7. The topological polar surface area (TPSA) is 37.8 Å². The summed E-state index contributed by atoms with van der Waals surface area (Å²) in [6.45, 7) is 8.25. The van der Waals surface area contributed by atoms with Crippen molar-refractivity contribution in [1.82, 2.24) is 9.78 Å². The van der Waals surface area contributed by atoms with Gasteiger partial charge in [0, 0.05) is 5.56 Å². The lowest BCUT2D eigenvalue weighted by atomic mass is 10.00. The molecule has 1 heterocycles. The van der Waals surface area contributed by atoms with Gasteiger partial charge in [-0.1, -0.05) is 65.7 Å². The number of nitrogens with one attached hydrogen (secondary N) is 1.